The van der Waals surface area contributed by atoms with Gasteiger partial charge in [0.25, 0.3) is 5.91 Å². The van der Waals surface area contributed by atoms with Gasteiger partial charge in [-0.1, -0.05) is 43.7 Å². The molecule has 4 amide bonds. The van der Waals surface area contributed by atoms with E-state index in [1.807, 2.05) is 30.3 Å². The van der Waals surface area contributed by atoms with Crippen molar-refractivity contribution in [2.45, 2.75) is 89.3 Å². The Hall–Kier alpha value is -3.79. The summed E-state index contributed by atoms with van der Waals surface area (Å²) in [7, 11) is 0. The van der Waals surface area contributed by atoms with E-state index in [1.165, 1.54) is 34.8 Å². The Labute approximate surface area is 263 Å². The molecule has 0 radical (unpaired) electrons. The Bertz CT molecular complexity index is 1450. The molecule has 2 aliphatic heterocycles. The third-order valence-electron chi connectivity index (χ3n) is 10.2. The van der Waals surface area contributed by atoms with Gasteiger partial charge in [-0.05, 0) is 74.5 Å². The summed E-state index contributed by atoms with van der Waals surface area (Å²) in [5, 5.41) is 17.5. The van der Waals surface area contributed by atoms with E-state index in [1.54, 1.807) is 6.92 Å². The second-order valence-electron chi connectivity index (χ2n) is 13.4. The molecule has 9 nitrogen and oxygen atoms in total. The van der Waals surface area contributed by atoms with Gasteiger partial charge in [-0.25, -0.2) is 4.39 Å². The van der Waals surface area contributed by atoms with Gasteiger partial charge in [0.15, 0.2) is 5.82 Å². The summed E-state index contributed by atoms with van der Waals surface area (Å²) in [6.07, 6.45) is 5.71. The van der Waals surface area contributed by atoms with E-state index in [0.29, 0.717) is 49.9 Å². The van der Waals surface area contributed by atoms with Gasteiger partial charge in [0, 0.05) is 43.6 Å². The van der Waals surface area contributed by atoms with Crippen molar-refractivity contribution >= 4 is 35.0 Å². The fourth-order valence-electron chi connectivity index (χ4n) is 7.71. The standard InChI is InChI=1S/C35H43FN4O5/c1-21(34(44)37-27-18-23-11-12-24(27)16-23)15-30(41)28(17-22-7-3-2-4-8-22)38-35(45)26-19-25(39-13-5-9-31(39)42)20-29(33(26)36)40-14-6-10-32(40)43/h2-4,7-8,19-21,23-24,27-28,30,41H,5-6,9-18H2,1H3,(H,37,44)(H,38,45)/t21-,23?,24?,27?,28+,30-/m1/s1. The van der Waals surface area contributed by atoms with E-state index in [0.717, 1.165) is 18.4 Å². The zero-order valence-electron chi connectivity index (χ0n) is 25.8. The number of halogens is 1. The van der Waals surface area contributed by atoms with Gasteiger partial charge < -0.3 is 25.5 Å². The molecule has 2 saturated carbocycles. The van der Waals surface area contributed by atoms with Crippen molar-refractivity contribution in [2.24, 2.45) is 17.8 Å². The van der Waals surface area contributed by atoms with Crippen LogP contribution in [0.4, 0.5) is 15.8 Å². The number of aliphatic hydroxyl groups is 1. The van der Waals surface area contributed by atoms with Crippen LogP contribution in [0.25, 0.3) is 0 Å². The number of rotatable bonds is 11. The maximum Gasteiger partial charge on any atom is 0.254 e. The second kappa shape index (κ2) is 13.3. The van der Waals surface area contributed by atoms with Crippen LogP contribution in [0, 0.1) is 23.6 Å². The monoisotopic (exact) mass is 618 g/mol. The number of amides is 4. The molecule has 2 aromatic carbocycles. The molecule has 3 unspecified atom stereocenters. The lowest BCUT2D eigenvalue weighted by Crippen LogP contribution is -2.47. The molecule has 6 rings (SSSR count). The summed E-state index contributed by atoms with van der Waals surface area (Å²) < 4.78 is 16.1. The van der Waals surface area contributed by atoms with Crippen LogP contribution in [-0.4, -0.2) is 60.0 Å². The van der Waals surface area contributed by atoms with Gasteiger partial charge in [-0.15, -0.1) is 0 Å². The van der Waals surface area contributed by atoms with Crippen molar-refractivity contribution in [3.8, 4) is 0 Å². The van der Waals surface area contributed by atoms with Crippen LogP contribution in [-0.2, 0) is 20.8 Å². The highest BCUT2D eigenvalue weighted by Gasteiger charge is 2.41. The molecule has 6 atom stereocenters. The van der Waals surface area contributed by atoms with Crippen LogP contribution < -0.4 is 20.4 Å². The fraction of sp³-hybridized carbons (Fsp3) is 0.543. The Morgan fingerprint density at radius 1 is 1.00 bits per heavy atom. The molecule has 2 aromatic rings. The first-order valence-electron chi connectivity index (χ1n) is 16.5. The Morgan fingerprint density at radius 2 is 1.71 bits per heavy atom. The molecule has 3 N–H and O–H groups in total. The number of nitrogens with zero attached hydrogens (tertiary/aromatic N) is 2. The minimum Gasteiger partial charge on any atom is -0.391 e. The molecule has 240 valence electrons. The van der Waals surface area contributed by atoms with E-state index in [2.05, 4.69) is 10.6 Å². The zero-order chi connectivity index (χ0) is 31.7. The van der Waals surface area contributed by atoms with Gasteiger partial charge in [0.05, 0.1) is 23.4 Å². The normalized spacial score (nSPS) is 24.6. The predicted octanol–water partition coefficient (Wildman–Crippen LogP) is 4.11. The van der Waals surface area contributed by atoms with E-state index >= 15 is 4.39 Å². The number of benzene rings is 2. The Kier molecular flexibility index (Phi) is 9.21. The van der Waals surface area contributed by atoms with Gasteiger partial charge in [0.2, 0.25) is 17.7 Å². The molecule has 2 aliphatic carbocycles. The average Bonchev–Trinajstić information content (AvgIpc) is 3.84. The van der Waals surface area contributed by atoms with Crippen LogP contribution in [0.1, 0.15) is 80.6 Å². The van der Waals surface area contributed by atoms with E-state index in [4.69, 9.17) is 0 Å². The summed E-state index contributed by atoms with van der Waals surface area (Å²) in [6, 6.07) is 11.6. The number of carbonyl (C=O) groups is 4. The smallest absolute Gasteiger partial charge is 0.254 e. The third kappa shape index (κ3) is 6.76. The van der Waals surface area contributed by atoms with E-state index in [9.17, 15) is 24.3 Å². The Balaban J connectivity index is 1.23. The molecule has 0 aromatic heterocycles. The molecule has 2 saturated heterocycles. The van der Waals surface area contributed by atoms with Gasteiger partial charge in [0.1, 0.15) is 0 Å². The molecule has 45 heavy (non-hydrogen) atoms. The van der Waals surface area contributed by atoms with Crippen LogP contribution in [0.2, 0.25) is 0 Å². The van der Waals surface area contributed by atoms with Crippen molar-refractivity contribution in [2.75, 3.05) is 22.9 Å². The Morgan fingerprint density at radius 3 is 2.33 bits per heavy atom. The lowest BCUT2D eigenvalue weighted by atomic mass is 9.91. The van der Waals surface area contributed by atoms with Crippen LogP contribution in [0.15, 0.2) is 42.5 Å². The highest BCUT2D eigenvalue weighted by atomic mass is 19.1. The quantitative estimate of drug-likeness (QED) is 0.350. The average molecular weight is 619 g/mol. The first-order valence-corrected chi connectivity index (χ1v) is 16.5. The van der Waals surface area contributed by atoms with Crippen molar-refractivity contribution in [1.82, 2.24) is 10.6 Å². The van der Waals surface area contributed by atoms with Crippen molar-refractivity contribution in [1.29, 1.82) is 0 Å². The topological polar surface area (TPSA) is 119 Å². The first-order chi connectivity index (χ1) is 21.7. The molecule has 4 fully saturated rings. The van der Waals surface area contributed by atoms with Crippen molar-refractivity contribution in [3.05, 3.63) is 59.4 Å². The highest BCUT2D eigenvalue weighted by molar-refractivity contribution is 6.03. The number of hydrogen-bond acceptors (Lipinski definition) is 5. The lowest BCUT2D eigenvalue weighted by Gasteiger charge is -2.29. The van der Waals surface area contributed by atoms with Gasteiger partial charge >= 0.3 is 0 Å². The van der Waals surface area contributed by atoms with Crippen LogP contribution >= 0.6 is 0 Å². The van der Waals surface area contributed by atoms with Crippen molar-refractivity contribution in [3.63, 3.8) is 0 Å². The minimum absolute atomic E-state index is 0.0223. The number of carbonyl (C=O) groups excluding carboxylic acids is 4. The highest BCUT2D eigenvalue weighted by Crippen LogP contribution is 2.44. The number of aliphatic hydroxyl groups excluding tert-OH is 1. The van der Waals surface area contributed by atoms with Crippen LogP contribution in [0.3, 0.4) is 0 Å². The summed E-state index contributed by atoms with van der Waals surface area (Å²) in [6.45, 7) is 2.55. The molecule has 10 heteroatoms. The van der Waals surface area contributed by atoms with E-state index < -0.39 is 29.8 Å². The maximum absolute atomic E-state index is 16.1. The summed E-state index contributed by atoms with van der Waals surface area (Å²) in [5.41, 5.74) is 0.908. The van der Waals surface area contributed by atoms with Gasteiger partial charge in [-0.2, -0.15) is 0 Å². The lowest BCUT2D eigenvalue weighted by molar-refractivity contribution is -0.126. The van der Waals surface area contributed by atoms with E-state index in [-0.39, 0.29) is 54.3 Å². The molecule has 0 spiro atoms. The van der Waals surface area contributed by atoms with Crippen molar-refractivity contribution < 1.29 is 28.7 Å². The molecule has 2 heterocycles. The number of anilines is 2. The molecular weight excluding hydrogens is 575 g/mol. The first kappa shape index (κ1) is 31.2. The summed E-state index contributed by atoms with van der Waals surface area (Å²) in [4.78, 5) is 55.0. The zero-order valence-corrected chi connectivity index (χ0v) is 25.8. The van der Waals surface area contributed by atoms with Crippen LogP contribution in [0.5, 0.6) is 0 Å². The fourth-order valence-corrected chi connectivity index (χ4v) is 7.71. The molecular formula is C35H43FN4O5. The number of hydrogen-bond donors (Lipinski definition) is 3. The number of fused-ring (bicyclic) bond motifs is 2. The SMILES string of the molecule is C[C@H](C[C@@H](O)[C@H](Cc1ccccc1)NC(=O)c1cc(N2CCCC2=O)cc(N2CCCC2=O)c1F)C(=O)NC1CC2CCC1C2. The minimum atomic E-state index is -1.10. The largest absolute Gasteiger partial charge is 0.391 e. The van der Waals surface area contributed by atoms with Gasteiger partial charge in [-0.3, -0.25) is 19.2 Å². The predicted molar refractivity (Wildman–Crippen MR) is 168 cm³/mol. The summed E-state index contributed by atoms with van der Waals surface area (Å²) >= 11 is 0. The second-order valence-corrected chi connectivity index (χ2v) is 13.4. The number of nitrogens with one attached hydrogen (secondary N) is 2. The molecule has 2 bridgehead atoms. The summed E-state index contributed by atoms with van der Waals surface area (Å²) in [5.74, 6) is -1.34. The molecule has 4 aliphatic rings. The third-order valence-corrected chi connectivity index (χ3v) is 10.2. The maximum atomic E-state index is 16.1.